The largest absolute Gasteiger partial charge is 0.396 e. The number of aromatic amines is 3. The van der Waals surface area contributed by atoms with Crippen molar-refractivity contribution < 1.29 is 9.94 Å². The van der Waals surface area contributed by atoms with Crippen molar-refractivity contribution in [1.29, 1.82) is 0 Å². The number of fused-ring (bicyclic) bond motifs is 8. The second-order valence-electron chi connectivity index (χ2n) is 11.7. The maximum absolute atomic E-state index is 12.0. The van der Waals surface area contributed by atoms with E-state index in [0.29, 0.717) is 17.9 Å². The van der Waals surface area contributed by atoms with Crippen LogP contribution in [-0.4, -0.2) is 38.5 Å². The van der Waals surface area contributed by atoms with E-state index >= 15 is 0 Å². The molecule has 8 bridgehead atoms. The molecule has 0 saturated carbocycles. The molecule has 226 valence electrons. The van der Waals surface area contributed by atoms with E-state index in [9.17, 15) is 5.11 Å². The minimum absolute atomic E-state index is 0.473. The number of allylic oxidation sites excluding steroid dienone is 1. The molecule has 3 aromatic heterocycles. The number of hydrogen-bond acceptors (Lipinski definition) is 4. The number of rotatable bonds is 8. The van der Waals surface area contributed by atoms with Crippen molar-refractivity contribution in [1.82, 2.24) is 20.3 Å². The van der Waals surface area contributed by atoms with Gasteiger partial charge in [-0.05, 0) is 106 Å². The highest BCUT2D eigenvalue weighted by atomic mass is 16.6. The van der Waals surface area contributed by atoms with Gasteiger partial charge in [-0.1, -0.05) is 44.5 Å². The summed E-state index contributed by atoms with van der Waals surface area (Å²) >= 11 is 0. The summed E-state index contributed by atoms with van der Waals surface area (Å²) in [5.74, 6) is 0. The first-order valence-electron chi connectivity index (χ1n) is 15.4. The fourth-order valence-electron chi connectivity index (χ4n) is 6.30. The Balaban J connectivity index is 1.87. The zero-order valence-electron chi connectivity index (χ0n) is 26.6. The molecular formula is C36H45N5O2. The number of nitrogens with one attached hydrogen (secondary N) is 4. The Bertz CT molecular complexity index is 1800. The molecule has 1 saturated heterocycles. The summed E-state index contributed by atoms with van der Waals surface area (Å²) in [6.45, 7) is 19.2. The maximum Gasteiger partial charge on any atom is 0.129 e. The standard InChI is InChI=1S/C36H45N5O2/c1-9-13-25-22(6)29-17-28-21(5)24(11-3)33(40-28)20-35-36(8,42)27(15-16-37-43-12-4)34(41-35)18-30-23(7)26(14-10-2)32(39-30)19-31(25)38-29/h11,15-20,38-42H,3,9-10,12-14H2,1-2,4-8H3/b27-15-,29-17?,31-19?,34-18?,35-20?,37-16?. The Kier molecular flexibility index (Phi) is 8.56. The molecule has 5 heterocycles. The normalized spacial score (nSPS) is 18.7. The van der Waals surface area contributed by atoms with Gasteiger partial charge < -0.3 is 30.2 Å². The zero-order valence-corrected chi connectivity index (χ0v) is 26.6. The fraction of sp³-hybridized carbons (Fsp3) is 0.361. The van der Waals surface area contributed by atoms with Crippen LogP contribution in [0.25, 0.3) is 30.4 Å². The van der Waals surface area contributed by atoms with Crippen LogP contribution in [0, 0.1) is 20.8 Å². The van der Waals surface area contributed by atoms with Crippen LogP contribution in [-0.2, 0) is 17.7 Å². The smallest absolute Gasteiger partial charge is 0.129 e. The van der Waals surface area contributed by atoms with Crippen molar-refractivity contribution in [3.8, 4) is 0 Å². The Morgan fingerprint density at radius 2 is 1.51 bits per heavy atom. The Hall–Kier alpha value is -4.23. The van der Waals surface area contributed by atoms with Gasteiger partial charge in [0, 0.05) is 50.3 Å². The molecule has 3 aromatic rings. The average Bonchev–Trinajstić information content (AvgIpc) is 3.60. The van der Waals surface area contributed by atoms with E-state index in [0.717, 1.165) is 76.0 Å². The summed E-state index contributed by atoms with van der Waals surface area (Å²) in [7, 11) is 0. The lowest BCUT2D eigenvalue weighted by Crippen LogP contribution is -2.26. The number of hydrogen-bond donors (Lipinski definition) is 5. The molecule has 2 aliphatic rings. The quantitative estimate of drug-likeness (QED) is 0.172. The van der Waals surface area contributed by atoms with Gasteiger partial charge in [0.25, 0.3) is 0 Å². The van der Waals surface area contributed by atoms with E-state index in [1.54, 1.807) is 13.1 Å². The number of aliphatic hydroxyl groups is 1. The minimum atomic E-state index is -1.30. The monoisotopic (exact) mass is 579 g/mol. The van der Waals surface area contributed by atoms with Crippen molar-refractivity contribution in [2.75, 3.05) is 6.61 Å². The molecule has 2 aliphatic heterocycles. The van der Waals surface area contributed by atoms with E-state index in [4.69, 9.17) is 4.84 Å². The highest BCUT2D eigenvalue weighted by Gasteiger charge is 2.40. The molecule has 0 spiro atoms. The molecule has 0 aliphatic carbocycles. The van der Waals surface area contributed by atoms with Gasteiger partial charge >= 0.3 is 0 Å². The Morgan fingerprint density at radius 1 is 0.837 bits per heavy atom. The molecule has 7 heteroatoms. The summed E-state index contributed by atoms with van der Waals surface area (Å²) in [6, 6.07) is 0. The van der Waals surface area contributed by atoms with Gasteiger partial charge in [0.2, 0.25) is 0 Å². The summed E-state index contributed by atoms with van der Waals surface area (Å²) in [4.78, 5) is 16.3. The first-order valence-corrected chi connectivity index (χ1v) is 15.4. The molecular weight excluding hydrogens is 534 g/mol. The minimum Gasteiger partial charge on any atom is -0.396 e. The number of oxime groups is 1. The van der Waals surface area contributed by atoms with E-state index < -0.39 is 5.60 Å². The molecule has 0 aromatic carbocycles. The molecule has 1 unspecified atom stereocenters. The van der Waals surface area contributed by atoms with Crippen LogP contribution < -0.4 is 16.0 Å². The number of aromatic nitrogens is 3. The first kappa shape index (κ1) is 30.2. The van der Waals surface area contributed by atoms with Crippen LogP contribution in [0.4, 0.5) is 0 Å². The average molecular weight is 580 g/mol. The van der Waals surface area contributed by atoms with Gasteiger partial charge in [0.05, 0.1) is 11.9 Å². The van der Waals surface area contributed by atoms with E-state index in [2.05, 4.69) is 84.9 Å². The van der Waals surface area contributed by atoms with Gasteiger partial charge in [-0.15, -0.1) is 0 Å². The van der Waals surface area contributed by atoms with Crippen molar-refractivity contribution in [2.24, 2.45) is 5.16 Å². The first-order chi connectivity index (χ1) is 20.6. The number of H-pyrrole nitrogens is 3. The second-order valence-corrected chi connectivity index (χ2v) is 11.7. The Morgan fingerprint density at radius 3 is 2.21 bits per heavy atom. The third-order valence-corrected chi connectivity index (χ3v) is 8.74. The van der Waals surface area contributed by atoms with Crippen molar-refractivity contribution in [2.45, 2.75) is 79.8 Å². The van der Waals surface area contributed by atoms with Crippen LogP contribution in [0.2, 0.25) is 0 Å². The van der Waals surface area contributed by atoms with E-state index in [-0.39, 0.29) is 0 Å². The van der Waals surface area contributed by atoms with Gasteiger partial charge in [-0.3, -0.25) is 0 Å². The van der Waals surface area contributed by atoms with Crippen LogP contribution in [0.3, 0.4) is 0 Å². The lowest BCUT2D eigenvalue weighted by atomic mass is 9.93. The van der Waals surface area contributed by atoms with Crippen molar-refractivity contribution in [3.05, 3.63) is 96.5 Å². The predicted octanol–water partition coefficient (Wildman–Crippen LogP) is 5.80. The predicted molar refractivity (Wildman–Crippen MR) is 179 cm³/mol. The summed E-state index contributed by atoms with van der Waals surface area (Å²) < 4.78 is 0. The van der Waals surface area contributed by atoms with Gasteiger partial charge in [0.15, 0.2) is 0 Å². The van der Waals surface area contributed by atoms with E-state index in [1.807, 2.05) is 25.2 Å². The molecule has 7 nitrogen and oxygen atoms in total. The number of nitrogens with zero attached hydrogens (tertiary/aromatic N) is 1. The molecule has 5 rings (SSSR count). The van der Waals surface area contributed by atoms with Crippen LogP contribution in [0.5, 0.6) is 0 Å². The lowest BCUT2D eigenvalue weighted by Gasteiger charge is -2.19. The highest BCUT2D eigenvalue weighted by molar-refractivity contribution is 5.80. The summed E-state index contributed by atoms with van der Waals surface area (Å²) in [6.07, 6.45) is 17.9. The maximum atomic E-state index is 12.0. The lowest BCUT2D eigenvalue weighted by molar-refractivity contribution is 0.147. The molecule has 0 radical (unpaired) electrons. The fourth-order valence-corrected chi connectivity index (χ4v) is 6.30. The van der Waals surface area contributed by atoms with Crippen molar-refractivity contribution >= 4 is 36.6 Å². The van der Waals surface area contributed by atoms with Gasteiger partial charge in [-0.2, -0.15) is 0 Å². The molecule has 5 N–H and O–H groups in total. The Labute approximate surface area is 254 Å². The van der Waals surface area contributed by atoms with Gasteiger partial charge in [0.1, 0.15) is 12.2 Å². The zero-order chi connectivity index (χ0) is 30.9. The summed E-state index contributed by atoms with van der Waals surface area (Å²) in [5.41, 5.74) is 12.1. The summed E-state index contributed by atoms with van der Waals surface area (Å²) in [5, 5.41) is 21.8. The van der Waals surface area contributed by atoms with Crippen LogP contribution >= 0.6 is 0 Å². The highest BCUT2D eigenvalue weighted by Crippen LogP contribution is 2.39. The van der Waals surface area contributed by atoms with Crippen LogP contribution in [0.15, 0.2) is 34.8 Å². The molecule has 1 atom stereocenters. The molecule has 43 heavy (non-hydrogen) atoms. The SMILES string of the molecule is C=Cc1c2[nH]c(c1C)C=c1[nH]c(c(CCC)c1C)=Cc1[nH]c(c(C)c1CCC)C=C1NC(=C2)C(C)(O)/C1=C\C=NOCC. The van der Waals surface area contributed by atoms with Crippen LogP contribution in [0.1, 0.15) is 96.7 Å². The van der Waals surface area contributed by atoms with Gasteiger partial charge in [-0.25, -0.2) is 0 Å². The van der Waals surface area contributed by atoms with E-state index in [1.165, 1.54) is 22.3 Å². The van der Waals surface area contributed by atoms with Crippen molar-refractivity contribution in [3.63, 3.8) is 0 Å². The molecule has 0 amide bonds. The third-order valence-electron chi connectivity index (χ3n) is 8.74. The third kappa shape index (κ3) is 5.50. The second kappa shape index (κ2) is 12.2. The topological polar surface area (TPSA) is 101 Å². The molecule has 1 fully saturated rings.